The normalized spacial score (nSPS) is 11.0. The first-order chi connectivity index (χ1) is 11.3. The van der Waals surface area contributed by atoms with Crippen molar-refractivity contribution >= 4 is 17.0 Å². The maximum absolute atomic E-state index is 5.45. The van der Waals surface area contributed by atoms with Crippen molar-refractivity contribution in [3.63, 3.8) is 0 Å². The SMILES string of the molecule is COc1ccc2c(C=NCc3ccccn3)ccc(OC)c2c1. The quantitative estimate of drug-likeness (QED) is 0.672. The Balaban J connectivity index is 1.94. The van der Waals surface area contributed by atoms with Gasteiger partial charge in [0.05, 0.1) is 26.5 Å². The monoisotopic (exact) mass is 306 g/mol. The van der Waals surface area contributed by atoms with Gasteiger partial charge in [0.2, 0.25) is 0 Å². The van der Waals surface area contributed by atoms with Crippen LogP contribution >= 0.6 is 0 Å². The molecule has 3 rings (SSSR count). The summed E-state index contributed by atoms with van der Waals surface area (Å²) in [7, 11) is 3.33. The summed E-state index contributed by atoms with van der Waals surface area (Å²) in [5.41, 5.74) is 1.99. The summed E-state index contributed by atoms with van der Waals surface area (Å²) >= 11 is 0. The van der Waals surface area contributed by atoms with Crippen LogP contribution < -0.4 is 9.47 Å². The Kier molecular flexibility index (Phi) is 4.52. The average molecular weight is 306 g/mol. The zero-order valence-corrected chi connectivity index (χ0v) is 13.2. The summed E-state index contributed by atoms with van der Waals surface area (Å²) in [6.45, 7) is 0.560. The number of pyridine rings is 1. The largest absolute Gasteiger partial charge is 0.497 e. The first-order valence-corrected chi connectivity index (χ1v) is 7.36. The van der Waals surface area contributed by atoms with E-state index in [1.54, 1.807) is 20.4 Å². The van der Waals surface area contributed by atoms with Gasteiger partial charge in [-0.15, -0.1) is 0 Å². The van der Waals surface area contributed by atoms with Crippen molar-refractivity contribution in [1.29, 1.82) is 0 Å². The van der Waals surface area contributed by atoms with E-state index in [1.807, 2.05) is 54.7 Å². The number of nitrogens with zero attached hydrogens (tertiary/aromatic N) is 2. The lowest BCUT2D eigenvalue weighted by Gasteiger charge is -2.09. The standard InChI is InChI=1S/C19H18N2O2/c1-22-16-7-8-17-14(6-9-19(23-2)18(17)11-16)12-20-13-15-5-3-4-10-21-15/h3-12H,13H2,1-2H3. The molecule has 0 aliphatic carbocycles. The predicted molar refractivity (Wildman–Crippen MR) is 92.6 cm³/mol. The van der Waals surface area contributed by atoms with E-state index in [9.17, 15) is 0 Å². The molecule has 2 aromatic carbocycles. The van der Waals surface area contributed by atoms with Crippen LogP contribution in [0.15, 0.2) is 59.7 Å². The summed E-state index contributed by atoms with van der Waals surface area (Å²) in [4.78, 5) is 8.77. The van der Waals surface area contributed by atoms with Gasteiger partial charge in [0.1, 0.15) is 11.5 Å². The number of rotatable bonds is 5. The van der Waals surface area contributed by atoms with Crippen molar-refractivity contribution in [3.05, 3.63) is 66.0 Å². The predicted octanol–water partition coefficient (Wildman–Crippen LogP) is 3.87. The third-order valence-corrected chi connectivity index (χ3v) is 3.65. The highest BCUT2D eigenvalue weighted by atomic mass is 16.5. The molecule has 0 saturated heterocycles. The minimum absolute atomic E-state index is 0.560. The van der Waals surface area contributed by atoms with E-state index in [4.69, 9.17) is 9.47 Å². The maximum Gasteiger partial charge on any atom is 0.126 e. The molecule has 0 aliphatic heterocycles. The summed E-state index contributed by atoms with van der Waals surface area (Å²) < 4.78 is 10.7. The first kappa shape index (κ1) is 15.0. The van der Waals surface area contributed by atoms with Gasteiger partial charge in [-0.05, 0) is 47.9 Å². The summed E-state index contributed by atoms with van der Waals surface area (Å²) in [5.74, 6) is 1.62. The van der Waals surface area contributed by atoms with E-state index in [-0.39, 0.29) is 0 Å². The molecule has 0 saturated carbocycles. The molecule has 116 valence electrons. The molecule has 0 radical (unpaired) electrons. The van der Waals surface area contributed by atoms with Crippen LogP contribution in [0.4, 0.5) is 0 Å². The molecule has 23 heavy (non-hydrogen) atoms. The van der Waals surface area contributed by atoms with Gasteiger partial charge in [-0.3, -0.25) is 9.98 Å². The van der Waals surface area contributed by atoms with Gasteiger partial charge in [-0.25, -0.2) is 0 Å². The van der Waals surface area contributed by atoms with Crippen molar-refractivity contribution in [3.8, 4) is 11.5 Å². The van der Waals surface area contributed by atoms with Crippen LogP contribution in [0.5, 0.6) is 11.5 Å². The molecule has 1 aromatic heterocycles. The van der Waals surface area contributed by atoms with Gasteiger partial charge in [0.15, 0.2) is 0 Å². The van der Waals surface area contributed by atoms with Crippen LogP contribution in [-0.2, 0) is 6.54 Å². The molecule has 0 fully saturated rings. The molecule has 1 heterocycles. The van der Waals surface area contributed by atoms with Gasteiger partial charge < -0.3 is 9.47 Å². The first-order valence-electron chi connectivity index (χ1n) is 7.36. The lowest BCUT2D eigenvalue weighted by molar-refractivity contribution is 0.412. The van der Waals surface area contributed by atoms with E-state index >= 15 is 0 Å². The van der Waals surface area contributed by atoms with Crippen LogP contribution in [0.25, 0.3) is 10.8 Å². The van der Waals surface area contributed by atoms with E-state index in [2.05, 4.69) is 9.98 Å². The Morgan fingerprint density at radius 2 is 1.91 bits per heavy atom. The highest BCUT2D eigenvalue weighted by Crippen LogP contribution is 2.31. The van der Waals surface area contributed by atoms with Crippen molar-refractivity contribution in [1.82, 2.24) is 4.98 Å². The van der Waals surface area contributed by atoms with Gasteiger partial charge >= 0.3 is 0 Å². The Hall–Kier alpha value is -2.88. The van der Waals surface area contributed by atoms with E-state index < -0.39 is 0 Å². The second-order valence-corrected chi connectivity index (χ2v) is 5.06. The number of hydrogen-bond donors (Lipinski definition) is 0. The highest BCUT2D eigenvalue weighted by molar-refractivity contribution is 6.02. The van der Waals surface area contributed by atoms with Crippen molar-refractivity contribution in [2.24, 2.45) is 4.99 Å². The molecule has 0 bridgehead atoms. The maximum atomic E-state index is 5.45. The molecule has 0 atom stereocenters. The number of ether oxygens (including phenoxy) is 2. The zero-order chi connectivity index (χ0) is 16.1. The fourth-order valence-corrected chi connectivity index (χ4v) is 2.47. The number of aliphatic imine (C=N–C) groups is 1. The van der Waals surface area contributed by atoms with Crippen molar-refractivity contribution < 1.29 is 9.47 Å². The van der Waals surface area contributed by atoms with Gasteiger partial charge in [-0.2, -0.15) is 0 Å². The molecule has 0 N–H and O–H groups in total. The lowest BCUT2D eigenvalue weighted by Crippen LogP contribution is -1.92. The fourth-order valence-electron chi connectivity index (χ4n) is 2.47. The number of hydrogen-bond acceptors (Lipinski definition) is 4. The molecule has 0 spiro atoms. The van der Waals surface area contributed by atoms with Gasteiger partial charge in [0.25, 0.3) is 0 Å². The molecular formula is C19H18N2O2. The lowest BCUT2D eigenvalue weighted by atomic mass is 10.0. The minimum Gasteiger partial charge on any atom is -0.497 e. The van der Waals surface area contributed by atoms with Crippen LogP contribution in [0.2, 0.25) is 0 Å². The topological polar surface area (TPSA) is 43.7 Å². The molecular weight excluding hydrogens is 288 g/mol. The molecule has 4 nitrogen and oxygen atoms in total. The molecule has 0 unspecified atom stereocenters. The number of aromatic nitrogens is 1. The molecule has 0 aliphatic rings. The second kappa shape index (κ2) is 6.92. The summed E-state index contributed by atoms with van der Waals surface area (Å²) in [6.07, 6.45) is 3.66. The van der Waals surface area contributed by atoms with Crippen LogP contribution in [0, 0.1) is 0 Å². The molecule has 4 heteroatoms. The number of benzene rings is 2. The number of methoxy groups -OCH3 is 2. The Morgan fingerprint density at radius 3 is 2.65 bits per heavy atom. The zero-order valence-electron chi connectivity index (χ0n) is 13.2. The van der Waals surface area contributed by atoms with E-state index in [0.717, 1.165) is 33.5 Å². The summed E-state index contributed by atoms with van der Waals surface area (Å²) in [6, 6.07) is 15.7. The van der Waals surface area contributed by atoms with E-state index in [1.165, 1.54) is 0 Å². The Bertz CT molecular complexity index is 829. The van der Waals surface area contributed by atoms with Crippen molar-refractivity contribution in [2.75, 3.05) is 14.2 Å². The third kappa shape index (κ3) is 3.31. The van der Waals surface area contributed by atoms with Crippen LogP contribution in [0.1, 0.15) is 11.3 Å². The second-order valence-electron chi connectivity index (χ2n) is 5.06. The Labute approximate surface area is 135 Å². The molecule has 3 aromatic rings. The van der Waals surface area contributed by atoms with Crippen LogP contribution in [-0.4, -0.2) is 25.4 Å². The van der Waals surface area contributed by atoms with Gasteiger partial charge in [0, 0.05) is 23.4 Å². The smallest absolute Gasteiger partial charge is 0.126 e. The molecule has 0 amide bonds. The minimum atomic E-state index is 0.560. The van der Waals surface area contributed by atoms with Crippen molar-refractivity contribution in [2.45, 2.75) is 6.54 Å². The van der Waals surface area contributed by atoms with Gasteiger partial charge in [-0.1, -0.05) is 6.07 Å². The third-order valence-electron chi connectivity index (χ3n) is 3.65. The van der Waals surface area contributed by atoms with Crippen LogP contribution in [0.3, 0.4) is 0 Å². The number of fused-ring (bicyclic) bond motifs is 1. The Morgan fingerprint density at radius 1 is 1.00 bits per heavy atom. The summed E-state index contributed by atoms with van der Waals surface area (Å²) in [5, 5.41) is 2.09. The van der Waals surface area contributed by atoms with E-state index in [0.29, 0.717) is 6.54 Å². The fraction of sp³-hybridized carbons (Fsp3) is 0.158. The average Bonchev–Trinajstić information content (AvgIpc) is 2.62. The highest BCUT2D eigenvalue weighted by Gasteiger charge is 2.06.